The van der Waals surface area contributed by atoms with Crippen molar-refractivity contribution in [1.29, 1.82) is 0 Å². The molecule has 422 valence electrons. The Labute approximate surface area is 441 Å². The zero-order valence-corrected chi connectivity index (χ0v) is 43.8. The Morgan fingerprint density at radius 1 is 0.829 bits per heavy atom. The Bertz CT molecular complexity index is 2420. The predicted octanol–water partition coefficient (Wildman–Crippen LogP) is -4.06. The van der Waals surface area contributed by atoms with Crippen molar-refractivity contribution in [2.24, 2.45) is 35.1 Å². The molecule has 1 aromatic heterocycles. The molecule has 3 unspecified atom stereocenters. The van der Waals surface area contributed by atoms with Crippen molar-refractivity contribution in [3.8, 4) is 5.75 Å². The lowest BCUT2D eigenvalue weighted by Crippen LogP contribution is -2.56. The maximum absolute atomic E-state index is 15.0. The summed E-state index contributed by atoms with van der Waals surface area (Å²) < 4.78 is 37.3. The van der Waals surface area contributed by atoms with E-state index in [4.69, 9.17) is 30.4 Å². The number of ether oxygens (including phenoxy) is 4. The Balaban J connectivity index is 1.63. The second kappa shape index (κ2) is 29.5. The first-order valence-electron chi connectivity index (χ1n) is 25.4. The smallest absolute Gasteiger partial charge is 0.243 e. The number of aromatic nitrogens is 1. The first-order chi connectivity index (χ1) is 36.3. The zero-order valence-electron chi connectivity index (χ0n) is 43.0. The monoisotopic (exact) mass is 1090 g/mol. The number of nitrogens with one attached hydrogen (secondary N) is 6. The molecule has 5 rings (SSSR count). The van der Waals surface area contributed by atoms with E-state index in [2.05, 4.69) is 31.6 Å². The van der Waals surface area contributed by atoms with Crippen LogP contribution in [0.5, 0.6) is 5.75 Å². The molecule has 7 amide bonds. The van der Waals surface area contributed by atoms with E-state index in [1.54, 1.807) is 32.0 Å². The summed E-state index contributed by atoms with van der Waals surface area (Å²) in [5.41, 5.74) is 11.5. The van der Waals surface area contributed by atoms with Gasteiger partial charge in [-0.1, -0.05) is 27.2 Å². The molecule has 76 heavy (non-hydrogen) atoms. The summed E-state index contributed by atoms with van der Waals surface area (Å²) in [5.74, 6) is -13.3. The van der Waals surface area contributed by atoms with E-state index < -0.39 is 181 Å². The predicted molar refractivity (Wildman–Crippen MR) is 270 cm³/mol. The second-order valence-corrected chi connectivity index (χ2v) is 20.6. The molecule has 26 nitrogen and oxygen atoms in total. The van der Waals surface area contributed by atoms with E-state index in [-0.39, 0.29) is 36.8 Å². The molecule has 1 saturated heterocycles. The van der Waals surface area contributed by atoms with Crippen LogP contribution >= 0.6 is 0 Å². The maximum atomic E-state index is 15.0. The van der Waals surface area contributed by atoms with Gasteiger partial charge in [-0.25, -0.2) is 0 Å². The minimum absolute atomic E-state index is 0.0709. The second-order valence-electron chi connectivity index (χ2n) is 19.2. The summed E-state index contributed by atoms with van der Waals surface area (Å²) >= 11 is 0. The van der Waals surface area contributed by atoms with Crippen molar-refractivity contribution in [2.75, 3.05) is 84.8 Å². The van der Waals surface area contributed by atoms with Gasteiger partial charge in [0.15, 0.2) is 11.6 Å². The summed E-state index contributed by atoms with van der Waals surface area (Å²) in [4.78, 5) is 130. The van der Waals surface area contributed by atoms with Gasteiger partial charge in [-0.05, 0) is 30.0 Å². The van der Waals surface area contributed by atoms with Crippen LogP contribution in [-0.4, -0.2) is 203 Å². The highest BCUT2D eigenvalue weighted by Crippen LogP contribution is 2.33. The van der Waals surface area contributed by atoms with Crippen LogP contribution in [0.25, 0.3) is 10.9 Å². The van der Waals surface area contributed by atoms with E-state index in [9.17, 15) is 62.7 Å². The van der Waals surface area contributed by atoms with Crippen molar-refractivity contribution in [3.63, 3.8) is 0 Å². The molecule has 0 aliphatic carbocycles. The van der Waals surface area contributed by atoms with Gasteiger partial charge in [0.2, 0.25) is 41.4 Å². The first kappa shape index (κ1) is 60.9. The van der Waals surface area contributed by atoms with E-state index in [0.717, 1.165) is 4.90 Å². The topological polar surface area (TPSA) is 400 Å². The number of rotatable bonds is 19. The van der Waals surface area contributed by atoms with Gasteiger partial charge < -0.3 is 82.2 Å². The van der Waals surface area contributed by atoms with Crippen molar-refractivity contribution in [1.82, 2.24) is 36.5 Å². The fraction of sp³-hybridized carbons (Fsp3) is 0.653. The van der Waals surface area contributed by atoms with Crippen LogP contribution in [0.15, 0.2) is 23.2 Å². The highest BCUT2D eigenvalue weighted by Gasteiger charge is 2.45. The molecule has 11 atom stereocenters. The molecule has 1 fully saturated rings. The minimum atomic E-state index is -2.33. The Kier molecular flexibility index (Phi) is 23.7. The standard InChI is InChI=1S/C49H73N9O17S/c1-4-26(2)43-47(69)53-21-41(65)54-35-25-76(71)48-33(32-6-5-31(20-34(32)55-48)75-14-13-74-12-11-73-10-9-72-8-7-50)15-28(45(67)52-22-42(66)56-43)16-38(62)44(27(3)39(63)24-59)57-46(68)36-19-30(60)23-58(36)49(70)29(17-37(35)61)18-40(51)64/h5-6,20,26-30,35-36,39,43-44,55,59-60,63H,4,7-19,21-25,50H2,1-3H3,(H2,51,64)(H,52,67)(H,53,69)(H,54,65)(H,56,66)(H,57,68)/t26-,27-,28?,29-,30?,35?,36-,39-,43-,44-,76+/m0/s1. The van der Waals surface area contributed by atoms with E-state index in [1.165, 1.54) is 6.92 Å². The zero-order chi connectivity index (χ0) is 55.6. The molecule has 13 N–H and O–H groups in total. The molecule has 0 spiro atoms. The lowest BCUT2D eigenvalue weighted by molar-refractivity contribution is -0.145. The number of nitrogens with zero attached hydrogens (tertiary/aromatic N) is 1. The quantitative estimate of drug-likeness (QED) is 0.0596. The SMILES string of the molecule is CC[C@H](C)[C@@H]1NC(=O)CNC(=O)C2CC(=O)[C@H]([C@@H](C)[C@@H](O)CO)NC(=O)[C@@H]3CC(O)CN3C(=O)[C@H](CC(N)=O)CC(=O)C(C[S@@](=O)c3[nH]c4cc(OCCOCCOCCOCCN)ccc4c3C2)NC(=O)CNC1=O. The third-order valence-electron chi connectivity index (χ3n) is 13.6. The number of benzene rings is 1. The van der Waals surface area contributed by atoms with Crippen molar-refractivity contribution in [3.05, 3.63) is 23.8 Å². The average molecular weight is 1090 g/mol. The molecule has 4 heterocycles. The number of primary amides is 1. The molecule has 3 aliphatic heterocycles. The summed E-state index contributed by atoms with van der Waals surface area (Å²) in [6.45, 7) is 4.44. The van der Waals surface area contributed by atoms with E-state index in [1.807, 2.05) is 0 Å². The van der Waals surface area contributed by atoms with Crippen LogP contribution in [0.4, 0.5) is 0 Å². The van der Waals surface area contributed by atoms with Gasteiger partial charge in [-0.15, -0.1) is 0 Å². The molecule has 2 bridgehead atoms. The van der Waals surface area contributed by atoms with Crippen LogP contribution in [0, 0.1) is 23.7 Å². The van der Waals surface area contributed by atoms with E-state index in [0.29, 0.717) is 56.0 Å². The number of fused-ring (bicyclic) bond motifs is 5. The number of Topliss-reactive ketones (excluding diaryl/α,β-unsaturated/α-hetero) is 2. The van der Waals surface area contributed by atoms with Crippen LogP contribution in [0.3, 0.4) is 0 Å². The maximum Gasteiger partial charge on any atom is 0.243 e. The molecular weight excluding hydrogens is 1020 g/mol. The highest BCUT2D eigenvalue weighted by atomic mass is 32.2. The average Bonchev–Trinajstić information content (AvgIpc) is 3.97. The number of aromatic amines is 1. The number of amides is 7. The molecule has 1 aromatic carbocycles. The summed E-state index contributed by atoms with van der Waals surface area (Å²) in [7, 11) is -2.33. The third kappa shape index (κ3) is 17.0. The number of aliphatic hydroxyl groups is 3. The van der Waals surface area contributed by atoms with Gasteiger partial charge in [0.25, 0.3) is 0 Å². The lowest BCUT2D eigenvalue weighted by atomic mass is 9.85. The fourth-order valence-electron chi connectivity index (χ4n) is 9.18. The molecule has 0 saturated carbocycles. The van der Waals surface area contributed by atoms with Gasteiger partial charge in [0.05, 0.1) is 112 Å². The molecule has 2 aromatic rings. The highest BCUT2D eigenvalue weighted by molar-refractivity contribution is 7.85. The number of carbonyl (C=O) groups excluding carboxylic acids is 9. The normalized spacial score (nSPS) is 26.1. The number of H-pyrrole nitrogens is 1. The van der Waals surface area contributed by atoms with E-state index >= 15 is 0 Å². The van der Waals surface area contributed by atoms with Crippen LogP contribution in [-0.2, 0) is 74.6 Å². The molecule has 0 radical (unpaired) electrons. The number of aliphatic hydroxyl groups excluding tert-OH is 3. The van der Waals surface area contributed by atoms with Gasteiger partial charge in [0, 0.05) is 62.1 Å². The Hall–Kier alpha value is -5.94. The van der Waals surface area contributed by atoms with Crippen LogP contribution in [0.1, 0.15) is 58.4 Å². The molecule has 3 aliphatic rings. The molecular formula is C49H73N9O17S. The number of hydrogen-bond acceptors (Lipinski definition) is 18. The fourth-order valence-corrected chi connectivity index (χ4v) is 10.6. The third-order valence-corrected chi connectivity index (χ3v) is 15.1. The number of hydrogen-bond donors (Lipinski definition) is 11. The number of nitrogens with two attached hydrogens (primary N) is 2. The van der Waals surface area contributed by atoms with Crippen molar-refractivity contribution >= 4 is 74.6 Å². The minimum Gasteiger partial charge on any atom is -0.491 e. The van der Waals surface area contributed by atoms with Gasteiger partial charge in [-0.3, -0.25) is 47.4 Å². The Morgan fingerprint density at radius 3 is 2.12 bits per heavy atom. The number of ketones is 2. The summed E-state index contributed by atoms with van der Waals surface area (Å²) in [5, 5.41) is 44.7. The van der Waals surface area contributed by atoms with Gasteiger partial charge >= 0.3 is 0 Å². The Morgan fingerprint density at radius 2 is 1.47 bits per heavy atom. The van der Waals surface area contributed by atoms with Gasteiger partial charge in [0.1, 0.15) is 29.5 Å². The summed E-state index contributed by atoms with van der Waals surface area (Å²) in [6, 6.07) is -1.33. The van der Waals surface area contributed by atoms with Crippen LogP contribution < -0.4 is 42.8 Å². The largest absolute Gasteiger partial charge is 0.491 e. The number of carbonyl (C=O) groups is 9. The lowest BCUT2D eigenvalue weighted by Gasteiger charge is -2.32. The first-order valence-corrected chi connectivity index (χ1v) is 26.7. The van der Waals surface area contributed by atoms with Gasteiger partial charge in [-0.2, -0.15) is 0 Å². The summed E-state index contributed by atoms with van der Waals surface area (Å²) in [6.07, 6.45) is -5.59. The van der Waals surface area contributed by atoms with Crippen molar-refractivity contribution < 1.29 is 81.6 Å². The van der Waals surface area contributed by atoms with Crippen molar-refractivity contribution in [2.45, 2.75) is 101 Å². The van der Waals surface area contributed by atoms with Crippen LogP contribution in [0.2, 0.25) is 0 Å². The molecule has 27 heteroatoms.